The van der Waals surface area contributed by atoms with Gasteiger partial charge in [-0.3, -0.25) is 4.79 Å². The van der Waals surface area contributed by atoms with E-state index < -0.39 is 29.9 Å². The van der Waals surface area contributed by atoms with Crippen LogP contribution in [-0.4, -0.2) is 39.7 Å². The lowest BCUT2D eigenvalue weighted by atomic mass is 10.1. The minimum absolute atomic E-state index is 0.0257. The molecule has 1 aromatic rings. The van der Waals surface area contributed by atoms with Crippen molar-refractivity contribution in [2.24, 2.45) is 5.92 Å². The first-order valence-electron chi connectivity index (χ1n) is 4.86. The molecule has 2 atom stereocenters. The van der Waals surface area contributed by atoms with Gasteiger partial charge in [0.05, 0.1) is 19.3 Å². The fourth-order valence-electron chi connectivity index (χ4n) is 1.50. The number of anilines is 1. The zero-order chi connectivity index (χ0) is 13.3. The number of hydrogen-bond acceptors (Lipinski definition) is 6. The third kappa shape index (κ3) is 2.70. The Morgan fingerprint density at radius 3 is 2.78 bits per heavy atom. The van der Waals surface area contributed by atoms with Gasteiger partial charge in [-0.1, -0.05) is 0 Å². The second-order valence-corrected chi connectivity index (χ2v) is 4.41. The molecule has 1 fully saturated rings. The van der Waals surface area contributed by atoms with Crippen molar-refractivity contribution in [2.75, 3.05) is 18.5 Å². The van der Waals surface area contributed by atoms with Crippen molar-refractivity contribution >= 4 is 22.6 Å². The van der Waals surface area contributed by atoms with Crippen molar-refractivity contribution in [3.05, 3.63) is 5.82 Å². The van der Waals surface area contributed by atoms with E-state index in [-0.39, 0.29) is 18.3 Å². The van der Waals surface area contributed by atoms with Crippen LogP contribution in [0.1, 0.15) is 5.82 Å². The molecular weight excluding hydrogens is 275 g/mol. The van der Waals surface area contributed by atoms with Crippen LogP contribution in [0.25, 0.3) is 0 Å². The maximum absolute atomic E-state index is 12.3. The molecule has 100 valence electrons. The molecule has 1 aliphatic rings. The van der Waals surface area contributed by atoms with Crippen LogP contribution in [-0.2, 0) is 15.7 Å². The van der Waals surface area contributed by atoms with E-state index >= 15 is 0 Å². The van der Waals surface area contributed by atoms with E-state index in [1.807, 2.05) is 0 Å². The third-order valence-electron chi connectivity index (χ3n) is 2.39. The summed E-state index contributed by atoms with van der Waals surface area (Å²) in [4.78, 5) is 14.1. The lowest BCUT2D eigenvalue weighted by molar-refractivity contribution is -0.144. The highest BCUT2D eigenvalue weighted by atomic mass is 32.1. The molecule has 1 aliphatic heterocycles. The fraction of sp³-hybridized carbons (Fsp3) is 0.625. The zero-order valence-corrected chi connectivity index (χ0v) is 9.59. The van der Waals surface area contributed by atoms with Gasteiger partial charge in [-0.05, 0) is 0 Å². The lowest BCUT2D eigenvalue weighted by Crippen LogP contribution is -2.33. The van der Waals surface area contributed by atoms with Crippen LogP contribution < -0.4 is 5.32 Å². The molecule has 10 heteroatoms. The average molecular weight is 283 g/mol. The molecule has 2 rings (SSSR count). The van der Waals surface area contributed by atoms with E-state index in [2.05, 4.69) is 14.7 Å². The van der Waals surface area contributed by atoms with Gasteiger partial charge in [-0.25, -0.2) is 0 Å². The first-order valence-corrected chi connectivity index (χ1v) is 5.63. The summed E-state index contributed by atoms with van der Waals surface area (Å²) in [5, 5.41) is 11.4. The molecule has 0 amide bonds. The second-order valence-electron chi connectivity index (χ2n) is 3.65. The molecule has 2 N–H and O–H groups in total. The normalized spacial score (nSPS) is 24.2. The Morgan fingerprint density at radius 2 is 2.22 bits per heavy atom. The van der Waals surface area contributed by atoms with Crippen molar-refractivity contribution < 1.29 is 27.8 Å². The topological polar surface area (TPSA) is 84.3 Å². The first kappa shape index (κ1) is 13.0. The number of nitrogens with zero attached hydrogens (tertiary/aromatic N) is 2. The number of aromatic nitrogens is 2. The Morgan fingerprint density at radius 1 is 1.50 bits per heavy atom. The van der Waals surface area contributed by atoms with E-state index in [1.54, 1.807) is 0 Å². The van der Waals surface area contributed by atoms with E-state index in [1.165, 1.54) is 0 Å². The number of aliphatic carboxylic acids is 1. The van der Waals surface area contributed by atoms with Gasteiger partial charge in [0, 0.05) is 11.5 Å². The van der Waals surface area contributed by atoms with Crippen molar-refractivity contribution in [3.63, 3.8) is 0 Å². The van der Waals surface area contributed by atoms with Gasteiger partial charge in [0.2, 0.25) is 11.0 Å². The van der Waals surface area contributed by atoms with Gasteiger partial charge in [-0.2, -0.15) is 22.5 Å². The van der Waals surface area contributed by atoms with Gasteiger partial charge in [0.15, 0.2) is 0 Å². The number of ether oxygens (including phenoxy) is 1. The van der Waals surface area contributed by atoms with E-state index in [0.29, 0.717) is 11.5 Å². The van der Waals surface area contributed by atoms with Gasteiger partial charge < -0.3 is 15.2 Å². The molecule has 2 heterocycles. The largest absolute Gasteiger partial charge is 0.481 e. The van der Waals surface area contributed by atoms with Gasteiger partial charge >= 0.3 is 12.1 Å². The van der Waals surface area contributed by atoms with Crippen molar-refractivity contribution in [1.82, 2.24) is 9.36 Å². The Hall–Kier alpha value is -1.42. The minimum atomic E-state index is -4.60. The number of carboxylic acid groups (broad SMARTS) is 1. The Kier molecular flexibility index (Phi) is 3.39. The summed E-state index contributed by atoms with van der Waals surface area (Å²) < 4.78 is 44.9. The highest BCUT2D eigenvalue weighted by Gasteiger charge is 2.38. The average Bonchev–Trinajstić information content (AvgIpc) is 2.85. The molecule has 2 unspecified atom stereocenters. The third-order valence-corrected chi connectivity index (χ3v) is 3.03. The molecule has 0 aromatic carbocycles. The summed E-state index contributed by atoms with van der Waals surface area (Å²) in [5.41, 5.74) is 0. The number of halogens is 3. The molecule has 0 radical (unpaired) electrons. The van der Waals surface area contributed by atoms with Crippen LogP contribution in [0, 0.1) is 5.92 Å². The Labute approximate surface area is 103 Å². The number of nitrogens with one attached hydrogen (secondary N) is 1. The SMILES string of the molecule is O=C(O)C1COCC1Nc1nc(C(F)(F)F)ns1. The Bertz CT molecular complexity index is 450. The second kappa shape index (κ2) is 4.69. The monoisotopic (exact) mass is 283 g/mol. The number of hydrogen-bond donors (Lipinski definition) is 2. The number of rotatable bonds is 3. The summed E-state index contributed by atoms with van der Waals surface area (Å²) in [5.74, 6) is -3.10. The summed E-state index contributed by atoms with van der Waals surface area (Å²) in [7, 11) is 0. The van der Waals surface area contributed by atoms with Crippen LogP contribution in [0.5, 0.6) is 0 Å². The number of carboxylic acids is 1. The van der Waals surface area contributed by atoms with Crippen LogP contribution >= 0.6 is 11.5 Å². The van der Waals surface area contributed by atoms with Crippen molar-refractivity contribution in [2.45, 2.75) is 12.2 Å². The molecule has 1 saturated heterocycles. The Balaban J connectivity index is 2.05. The maximum atomic E-state index is 12.3. The van der Waals surface area contributed by atoms with Gasteiger partial charge in [0.25, 0.3) is 0 Å². The first-order chi connectivity index (χ1) is 8.38. The summed E-state index contributed by atoms with van der Waals surface area (Å²) in [6.45, 7) is 0.135. The van der Waals surface area contributed by atoms with Crippen molar-refractivity contribution in [3.8, 4) is 0 Å². The van der Waals surface area contributed by atoms with E-state index in [0.717, 1.165) is 0 Å². The molecule has 0 aliphatic carbocycles. The van der Waals surface area contributed by atoms with Gasteiger partial charge in [0.1, 0.15) is 5.92 Å². The highest BCUT2D eigenvalue weighted by molar-refractivity contribution is 7.09. The van der Waals surface area contributed by atoms with Crippen LogP contribution in [0.2, 0.25) is 0 Å². The predicted molar refractivity (Wildman–Crippen MR) is 54.3 cm³/mol. The smallest absolute Gasteiger partial charge is 0.452 e. The molecule has 0 spiro atoms. The summed E-state index contributed by atoms with van der Waals surface area (Å²) in [6.07, 6.45) is -4.60. The molecule has 6 nitrogen and oxygen atoms in total. The molecule has 0 saturated carbocycles. The zero-order valence-electron chi connectivity index (χ0n) is 8.77. The van der Waals surface area contributed by atoms with Gasteiger partial charge in [-0.15, -0.1) is 0 Å². The highest BCUT2D eigenvalue weighted by Crippen LogP contribution is 2.29. The summed E-state index contributed by atoms with van der Waals surface area (Å²) >= 11 is 0.536. The maximum Gasteiger partial charge on any atom is 0.452 e. The van der Waals surface area contributed by atoms with Crippen LogP contribution in [0.4, 0.5) is 18.3 Å². The molecule has 1 aromatic heterocycles. The fourth-order valence-corrected chi connectivity index (χ4v) is 2.14. The van der Waals surface area contributed by atoms with E-state index in [9.17, 15) is 18.0 Å². The van der Waals surface area contributed by atoms with Crippen LogP contribution in [0.3, 0.4) is 0 Å². The predicted octanol–water partition coefficient (Wildman–Crippen LogP) is 1.07. The van der Waals surface area contributed by atoms with Crippen LogP contribution in [0.15, 0.2) is 0 Å². The number of alkyl halides is 3. The lowest BCUT2D eigenvalue weighted by Gasteiger charge is -2.13. The molecule has 0 bridgehead atoms. The number of carbonyl (C=O) groups is 1. The minimum Gasteiger partial charge on any atom is -0.481 e. The van der Waals surface area contributed by atoms with E-state index in [4.69, 9.17) is 9.84 Å². The molecular formula is C8H8F3N3O3S. The van der Waals surface area contributed by atoms with Crippen molar-refractivity contribution in [1.29, 1.82) is 0 Å². The summed E-state index contributed by atoms with van der Waals surface area (Å²) in [6, 6.07) is -0.600. The quantitative estimate of drug-likeness (QED) is 0.863. The molecule has 18 heavy (non-hydrogen) atoms. The standard InChI is InChI=1S/C8H8F3N3O3S/c9-8(10,11)6-13-7(18-14-6)12-4-2-17-1-3(4)5(15)16/h3-4H,1-2H2,(H,15,16)(H,12,13,14).